The van der Waals surface area contributed by atoms with E-state index in [0.717, 1.165) is 6.61 Å². The summed E-state index contributed by atoms with van der Waals surface area (Å²) < 4.78 is 5.62. The van der Waals surface area contributed by atoms with Crippen LogP contribution in [-0.4, -0.2) is 37.3 Å². The lowest BCUT2D eigenvalue weighted by molar-refractivity contribution is 0.100. The van der Waals surface area contributed by atoms with Crippen molar-refractivity contribution < 1.29 is 4.74 Å². The molecule has 84 valence electrons. The van der Waals surface area contributed by atoms with Crippen LogP contribution in [0.2, 0.25) is 0 Å². The van der Waals surface area contributed by atoms with Gasteiger partial charge in [-0.3, -0.25) is 0 Å². The lowest BCUT2D eigenvalue weighted by atomic mass is 10.1. The summed E-state index contributed by atoms with van der Waals surface area (Å²) in [6, 6.07) is 0.671. The number of hydrogen-bond acceptors (Lipinski definition) is 3. The van der Waals surface area contributed by atoms with Crippen molar-refractivity contribution in [2.45, 2.75) is 44.8 Å². The molecule has 0 saturated carbocycles. The molecule has 0 aliphatic carbocycles. The molecule has 0 aromatic carbocycles. The summed E-state index contributed by atoms with van der Waals surface area (Å²) in [6.07, 6.45) is 5.58. The Bertz CT molecular complexity index is 137. The molecule has 0 aromatic heterocycles. The highest BCUT2D eigenvalue weighted by atomic mass is 32.2. The van der Waals surface area contributed by atoms with E-state index in [1.807, 2.05) is 11.8 Å². The molecule has 1 heterocycles. The second kappa shape index (κ2) is 7.55. The molecule has 1 aliphatic rings. The van der Waals surface area contributed by atoms with Crippen molar-refractivity contribution in [3.8, 4) is 0 Å². The maximum absolute atomic E-state index is 5.62. The Kier molecular flexibility index (Phi) is 6.65. The molecule has 1 saturated heterocycles. The third-order valence-electron chi connectivity index (χ3n) is 2.79. The van der Waals surface area contributed by atoms with Crippen LogP contribution in [0.5, 0.6) is 0 Å². The van der Waals surface area contributed by atoms with Crippen LogP contribution in [-0.2, 0) is 4.74 Å². The fourth-order valence-corrected chi connectivity index (χ4v) is 2.68. The highest BCUT2D eigenvalue weighted by Crippen LogP contribution is 2.18. The number of hydrogen-bond donors (Lipinski definition) is 1. The van der Waals surface area contributed by atoms with Crippen molar-refractivity contribution in [1.29, 1.82) is 0 Å². The van der Waals surface area contributed by atoms with Crippen LogP contribution < -0.4 is 5.32 Å². The van der Waals surface area contributed by atoms with E-state index < -0.39 is 0 Å². The van der Waals surface area contributed by atoms with Crippen molar-refractivity contribution in [2.75, 3.05) is 25.2 Å². The first-order chi connectivity index (χ1) is 6.86. The van der Waals surface area contributed by atoms with Crippen molar-refractivity contribution in [2.24, 2.45) is 0 Å². The van der Waals surface area contributed by atoms with Gasteiger partial charge in [0.1, 0.15) is 0 Å². The molecule has 1 N–H and O–H groups in total. The van der Waals surface area contributed by atoms with Crippen molar-refractivity contribution >= 4 is 11.8 Å². The molecule has 1 rings (SSSR count). The fourth-order valence-electron chi connectivity index (χ4n) is 1.83. The predicted molar refractivity (Wildman–Crippen MR) is 64.1 cm³/mol. The molecule has 0 spiro atoms. The third kappa shape index (κ3) is 4.67. The second-order valence-corrected chi connectivity index (χ2v) is 5.18. The molecule has 0 aromatic rings. The van der Waals surface area contributed by atoms with E-state index in [9.17, 15) is 0 Å². The van der Waals surface area contributed by atoms with Crippen LogP contribution in [0, 0.1) is 0 Å². The van der Waals surface area contributed by atoms with Crippen molar-refractivity contribution in [3.63, 3.8) is 0 Å². The third-order valence-corrected chi connectivity index (χ3v) is 3.84. The summed E-state index contributed by atoms with van der Waals surface area (Å²) in [6.45, 7) is 3.20. The predicted octanol–water partition coefficient (Wildman–Crippen LogP) is 2.29. The molecule has 1 fully saturated rings. The van der Waals surface area contributed by atoms with Gasteiger partial charge in [-0.25, -0.2) is 0 Å². The van der Waals surface area contributed by atoms with Crippen LogP contribution in [0.3, 0.4) is 0 Å². The Morgan fingerprint density at radius 3 is 3.00 bits per heavy atom. The topological polar surface area (TPSA) is 21.3 Å². The molecule has 1 aliphatic heterocycles. The van der Waals surface area contributed by atoms with Gasteiger partial charge in [-0.2, -0.15) is 11.8 Å². The minimum Gasteiger partial charge on any atom is -0.378 e. The first-order valence-electron chi connectivity index (χ1n) is 5.73. The van der Waals surface area contributed by atoms with E-state index in [2.05, 4.69) is 19.3 Å². The van der Waals surface area contributed by atoms with Crippen molar-refractivity contribution in [3.05, 3.63) is 0 Å². The Morgan fingerprint density at radius 1 is 1.57 bits per heavy atom. The maximum Gasteiger partial charge on any atom is 0.0576 e. The van der Waals surface area contributed by atoms with Gasteiger partial charge in [0.15, 0.2) is 0 Å². The first kappa shape index (κ1) is 12.3. The van der Waals surface area contributed by atoms with Crippen LogP contribution >= 0.6 is 11.8 Å². The zero-order valence-corrected chi connectivity index (χ0v) is 10.2. The summed E-state index contributed by atoms with van der Waals surface area (Å²) >= 11 is 2.02. The minimum atomic E-state index is 0.553. The molecular formula is C11H23NOS. The van der Waals surface area contributed by atoms with Crippen molar-refractivity contribution in [1.82, 2.24) is 5.32 Å². The molecule has 14 heavy (non-hydrogen) atoms. The molecule has 2 atom stereocenters. The van der Waals surface area contributed by atoms with E-state index in [4.69, 9.17) is 4.74 Å². The molecule has 2 unspecified atom stereocenters. The smallest absolute Gasteiger partial charge is 0.0576 e. The van der Waals surface area contributed by atoms with Gasteiger partial charge in [0, 0.05) is 18.4 Å². The van der Waals surface area contributed by atoms with E-state index >= 15 is 0 Å². The highest BCUT2D eigenvalue weighted by Gasteiger charge is 2.16. The van der Waals surface area contributed by atoms with Crippen LogP contribution in [0.15, 0.2) is 0 Å². The van der Waals surface area contributed by atoms with E-state index in [1.165, 1.54) is 37.2 Å². The average molecular weight is 217 g/mol. The lowest BCUT2D eigenvalue weighted by Crippen LogP contribution is -2.29. The first-order valence-corrected chi connectivity index (χ1v) is 6.89. The van der Waals surface area contributed by atoms with E-state index in [1.54, 1.807) is 0 Å². The zero-order chi connectivity index (χ0) is 10.2. The summed E-state index contributed by atoms with van der Waals surface area (Å²) in [7, 11) is 2.07. The largest absolute Gasteiger partial charge is 0.378 e. The molecule has 3 heteroatoms. The molecule has 2 nitrogen and oxygen atoms in total. The standard InChI is InChI=1S/C11H23NOS/c1-3-14-9-10(12-2)6-7-11-5-4-8-13-11/h10-12H,3-9H2,1-2H3. The van der Waals surface area contributed by atoms with Gasteiger partial charge < -0.3 is 10.1 Å². The number of nitrogens with one attached hydrogen (secondary N) is 1. The summed E-state index contributed by atoms with van der Waals surface area (Å²) in [5, 5.41) is 3.38. The van der Waals surface area contributed by atoms with E-state index in [0.29, 0.717) is 12.1 Å². The van der Waals surface area contributed by atoms with Gasteiger partial charge in [-0.05, 0) is 38.5 Å². The van der Waals surface area contributed by atoms with Gasteiger partial charge >= 0.3 is 0 Å². The van der Waals surface area contributed by atoms with Gasteiger partial charge in [-0.15, -0.1) is 0 Å². The minimum absolute atomic E-state index is 0.553. The highest BCUT2D eigenvalue weighted by molar-refractivity contribution is 7.99. The van der Waals surface area contributed by atoms with Gasteiger partial charge in [0.2, 0.25) is 0 Å². The monoisotopic (exact) mass is 217 g/mol. The normalized spacial score (nSPS) is 24.0. The zero-order valence-electron chi connectivity index (χ0n) is 9.42. The number of ether oxygens (including phenoxy) is 1. The molecule has 0 radical (unpaired) electrons. The average Bonchev–Trinajstić information content (AvgIpc) is 2.71. The van der Waals surface area contributed by atoms with Crippen LogP contribution in [0.1, 0.15) is 32.6 Å². The quantitative estimate of drug-likeness (QED) is 0.707. The number of thioether (sulfide) groups is 1. The number of rotatable bonds is 7. The molecular weight excluding hydrogens is 194 g/mol. The Labute approximate surface area is 92.2 Å². The van der Waals surface area contributed by atoms with Gasteiger partial charge in [0.05, 0.1) is 6.10 Å². The fraction of sp³-hybridized carbons (Fsp3) is 1.00. The van der Waals surface area contributed by atoms with Crippen LogP contribution in [0.4, 0.5) is 0 Å². The lowest BCUT2D eigenvalue weighted by Gasteiger charge is -2.17. The SMILES string of the molecule is CCSCC(CCC1CCCO1)NC. The second-order valence-electron chi connectivity index (χ2n) is 3.86. The molecule has 0 amide bonds. The summed E-state index contributed by atoms with van der Waals surface area (Å²) in [4.78, 5) is 0. The summed E-state index contributed by atoms with van der Waals surface area (Å²) in [5.74, 6) is 2.46. The maximum atomic E-state index is 5.62. The van der Waals surface area contributed by atoms with Gasteiger partial charge in [-0.1, -0.05) is 6.92 Å². The Morgan fingerprint density at radius 2 is 2.43 bits per heavy atom. The Balaban J connectivity index is 2.06. The van der Waals surface area contributed by atoms with E-state index in [-0.39, 0.29) is 0 Å². The molecule has 0 bridgehead atoms. The van der Waals surface area contributed by atoms with Crippen LogP contribution in [0.25, 0.3) is 0 Å². The summed E-state index contributed by atoms with van der Waals surface area (Å²) in [5.41, 5.74) is 0. The van der Waals surface area contributed by atoms with Gasteiger partial charge in [0.25, 0.3) is 0 Å². The Hall–Kier alpha value is 0.270.